The maximum atomic E-state index is 12.8. The molecule has 2 aromatic rings. The Balaban J connectivity index is 0.00000420. The molecule has 0 radical (unpaired) electrons. The number of halogens is 3. The molecule has 0 aliphatic carbocycles. The van der Waals surface area contributed by atoms with E-state index >= 15 is 0 Å². The third-order valence-electron chi connectivity index (χ3n) is 3.80. The van der Waals surface area contributed by atoms with Gasteiger partial charge in [-0.1, -0.05) is 12.1 Å². The smallest absolute Gasteiger partial charge is 0.387 e. The van der Waals surface area contributed by atoms with Gasteiger partial charge in [-0.25, -0.2) is 9.98 Å². The molecule has 0 atom stereocenters. The lowest BCUT2D eigenvalue weighted by Gasteiger charge is -2.15. The van der Waals surface area contributed by atoms with Gasteiger partial charge in [-0.15, -0.1) is 35.3 Å². The van der Waals surface area contributed by atoms with Gasteiger partial charge in [-0.2, -0.15) is 8.78 Å². The zero-order valence-electron chi connectivity index (χ0n) is 16.9. The lowest BCUT2D eigenvalue weighted by Crippen LogP contribution is -2.36. The number of aromatic nitrogens is 1. The Morgan fingerprint density at radius 2 is 2.00 bits per heavy atom. The highest BCUT2D eigenvalue weighted by Crippen LogP contribution is 2.33. The number of guanidine groups is 1. The molecule has 2 N–H and O–H groups in total. The number of aliphatic imine (C=N–C) groups is 1. The van der Waals surface area contributed by atoms with E-state index in [0.29, 0.717) is 31.2 Å². The number of ether oxygens (including phenoxy) is 2. The number of hydrogen-bond donors (Lipinski definition) is 2. The minimum atomic E-state index is -2.94. The van der Waals surface area contributed by atoms with Crippen LogP contribution in [-0.2, 0) is 13.1 Å². The number of para-hydroxylation sites is 1. The van der Waals surface area contributed by atoms with Gasteiger partial charge in [-0.3, -0.25) is 0 Å². The van der Waals surface area contributed by atoms with E-state index in [1.54, 1.807) is 36.5 Å². The van der Waals surface area contributed by atoms with Gasteiger partial charge in [0, 0.05) is 17.0 Å². The first kappa shape index (κ1) is 25.3. The predicted molar refractivity (Wildman–Crippen MR) is 123 cm³/mol. The van der Waals surface area contributed by atoms with Crippen molar-refractivity contribution < 1.29 is 18.3 Å². The maximum absolute atomic E-state index is 12.8. The van der Waals surface area contributed by atoms with Crippen molar-refractivity contribution in [1.29, 1.82) is 0 Å². The average Bonchev–Trinajstić information content (AvgIpc) is 2.97. The summed E-state index contributed by atoms with van der Waals surface area (Å²) in [6, 6.07) is 5.03. The predicted octanol–water partition coefficient (Wildman–Crippen LogP) is 4.63. The summed E-state index contributed by atoms with van der Waals surface area (Å²) in [4.78, 5) is 10.2. The standard InChI is InChI=1S/C19H26F2N4O2S.HI/c1-5-22-19(24-11-16-25-12(3)13(4)28-16)23-10-14-8-7-9-15(26-6-2)17(14)27-18(20)21;/h7-9,18H,5-6,10-11H2,1-4H3,(H2,22,23,24);1H. The van der Waals surface area contributed by atoms with E-state index in [2.05, 4.69) is 25.3 Å². The summed E-state index contributed by atoms with van der Waals surface area (Å²) in [6.07, 6.45) is 0. The van der Waals surface area contributed by atoms with Gasteiger partial charge >= 0.3 is 6.61 Å². The van der Waals surface area contributed by atoms with Crippen LogP contribution in [0.15, 0.2) is 23.2 Å². The van der Waals surface area contributed by atoms with Crippen molar-refractivity contribution in [2.45, 2.75) is 47.4 Å². The molecule has 6 nitrogen and oxygen atoms in total. The van der Waals surface area contributed by atoms with E-state index in [4.69, 9.17) is 4.74 Å². The SMILES string of the molecule is CCNC(=NCc1cccc(OCC)c1OC(F)F)NCc1nc(C)c(C)s1.I. The van der Waals surface area contributed by atoms with E-state index in [9.17, 15) is 8.78 Å². The highest BCUT2D eigenvalue weighted by Gasteiger charge is 2.15. The lowest BCUT2D eigenvalue weighted by atomic mass is 10.2. The molecule has 2 rings (SSSR count). The number of nitrogens with zero attached hydrogens (tertiary/aromatic N) is 2. The number of hydrogen-bond acceptors (Lipinski definition) is 5. The van der Waals surface area contributed by atoms with Crippen LogP contribution in [0, 0.1) is 13.8 Å². The minimum Gasteiger partial charge on any atom is -0.490 e. The van der Waals surface area contributed by atoms with Crippen LogP contribution in [0.5, 0.6) is 11.5 Å². The molecule has 1 heterocycles. The fraction of sp³-hybridized carbons (Fsp3) is 0.474. The molecule has 0 saturated heterocycles. The van der Waals surface area contributed by atoms with Gasteiger partial charge in [0.25, 0.3) is 0 Å². The van der Waals surface area contributed by atoms with Crippen molar-refractivity contribution in [1.82, 2.24) is 15.6 Å². The Kier molecular flexibility index (Phi) is 11.2. The summed E-state index contributed by atoms with van der Waals surface area (Å²) in [5.74, 6) is 0.866. The molecule has 1 aromatic heterocycles. The van der Waals surface area contributed by atoms with Crippen LogP contribution >= 0.6 is 35.3 Å². The van der Waals surface area contributed by atoms with Gasteiger partial charge in [0.2, 0.25) is 0 Å². The second-order valence-electron chi connectivity index (χ2n) is 5.85. The number of alkyl halides is 2. The van der Waals surface area contributed by atoms with Crippen LogP contribution in [0.2, 0.25) is 0 Å². The van der Waals surface area contributed by atoms with E-state index in [1.165, 1.54) is 4.88 Å². The summed E-state index contributed by atoms with van der Waals surface area (Å²) in [7, 11) is 0. The quantitative estimate of drug-likeness (QED) is 0.276. The normalized spacial score (nSPS) is 11.2. The van der Waals surface area contributed by atoms with Gasteiger partial charge in [0.1, 0.15) is 5.01 Å². The monoisotopic (exact) mass is 540 g/mol. The zero-order valence-corrected chi connectivity index (χ0v) is 20.1. The number of aryl methyl sites for hydroxylation is 2. The molecule has 0 spiro atoms. The molecule has 0 aliphatic heterocycles. The van der Waals surface area contributed by atoms with Crippen molar-refractivity contribution in [3.05, 3.63) is 39.3 Å². The number of rotatable bonds is 9. The molecule has 29 heavy (non-hydrogen) atoms. The minimum absolute atomic E-state index is 0. The number of benzene rings is 1. The topological polar surface area (TPSA) is 67.8 Å². The lowest BCUT2D eigenvalue weighted by molar-refractivity contribution is -0.0520. The Labute approximate surface area is 191 Å². The highest BCUT2D eigenvalue weighted by molar-refractivity contribution is 14.0. The van der Waals surface area contributed by atoms with E-state index in [0.717, 1.165) is 10.7 Å². The van der Waals surface area contributed by atoms with Gasteiger partial charge in [0.15, 0.2) is 17.5 Å². The van der Waals surface area contributed by atoms with Crippen LogP contribution in [-0.4, -0.2) is 30.7 Å². The second kappa shape index (κ2) is 12.8. The van der Waals surface area contributed by atoms with Gasteiger partial charge in [-0.05, 0) is 33.8 Å². The first-order valence-electron chi connectivity index (χ1n) is 9.09. The first-order valence-corrected chi connectivity index (χ1v) is 9.90. The fourth-order valence-electron chi connectivity index (χ4n) is 2.46. The molecule has 1 aromatic carbocycles. The summed E-state index contributed by atoms with van der Waals surface area (Å²) in [6.45, 7) is 6.52. The Bertz CT molecular complexity index is 783. The molecule has 0 saturated carbocycles. The zero-order chi connectivity index (χ0) is 20.5. The van der Waals surface area contributed by atoms with Crippen LogP contribution in [0.25, 0.3) is 0 Å². The molecular weight excluding hydrogens is 513 g/mol. The van der Waals surface area contributed by atoms with Crippen molar-refractivity contribution in [2.24, 2.45) is 4.99 Å². The first-order chi connectivity index (χ1) is 13.4. The van der Waals surface area contributed by atoms with Crippen molar-refractivity contribution >= 4 is 41.3 Å². The van der Waals surface area contributed by atoms with Crippen molar-refractivity contribution in [2.75, 3.05) is 13.2 Å². The molecule has 162 valence electrons. The van der Waals surface area contributed by atoms with Crippen molar-refractivity contribution in [3.8, 4) is 11.5 Å². The van der Waals surface area contributed by atoms with Crippen LogP contribution in [0.3, 0.4) is 0 Å². The molecule has 0 aliphatic rings. The molecule has 10 heteroatoms. The van der Waals surface area contributed by atoms with E-state index in [-0.39, 0.29) is 42.0 Å². The van der Waals surface area contributed by atoms with Crippen LogP contribution in [0.4, 0.5) is 8.78 Å². The van der Waals surface area contributed by atoms with Crippen LogP contribution < -0.4 is 20.1 Å². The van der Waals surface area contributed by atoms with E-state index < -0.39 is 6.61 Å². The second-order valence-corrected chi connectivity index (χ2v) is 7.14. The Hall–Kier alpha value is -1.69. The largest absolute Gasteiger partial charge is 0.490 e. The molecular formula is C19H27F2IN4O2S. The Morgan fingerprint density at radius 1 is 1.24 bits per heavy atom. The van der Waals surface area contributed by atoms with Gasteiger partial charge in [0.05, 0.1) is 25.4 Å². The molecule has 0 unspecified atom stereocenters. The summed E-state index contributed by atoms with van der Waals surface area (Å²) < 4.78 is 35.8. The third-order valence-corrected chi connectivity index (χ3v) is 4.87. The van der Waals surface area contributed by atoms with E-state index in [1.807, 2.05) is 20.8 Å². The summed E-state index contributed by atoms with van der Waals surface area (Å²) in [5.41, 5.74) is 1.54. The summed E-state index contributed by atoms with van der Waals surface area (Å²) in [5, 5.41) is 7.31. The summed E-state index contributed by atoms with van der Waals surface area (Å²) >= 11 is 1.63. The highest BCUT2D eigenvalue weighted by atomic mass is 127. The number of nitrogens with one attached hydrogen (secondary N) is 2. The van der Waals surface area contributed by atoms with Crippen LogP contribution in [0.1, 0.15) is 35.0 Å². The van der Waals surface area contributed by atoms with Gasteiger partial charge < -0.3 is 20.1 Å². The average molecular weight is 540 g/mol. The molecule has 0 amide bonds. The number of thiazole rings is 1. The third kappa shape index (κ3) is 7.92. The maximum Gasteiger partial charge on any atom is 0.387 e. The molecule has 0 fully saturated rings. The molecule has 0 bridgehead atoms. The Morgan fingerprint density at radius 3 is 2.59 bits per heavy atom. The van der Waals surface area contributed by atoms with Crippen molar-refractivity contribution in [3.63, 3.8) is 0 Å². The fourth-order valence-corrected chi connectivity index (χ4v) is 3.33.